The normalized spacial score (nSPS) is 11.4. The fraction of sp³-hybridized carbons (Fsp3) is 0.143. The molecule has 0 bridgehead atoms. The summed E-state index contributed by atoms with van der Waals surface area (Å²) in [6, 6.07) is 7.91. The third kappa shape index (κ3) is 3.26. The van der Waals surface area contributed by atoms with Crippen LogP contribution in [-0.2, 0) is 10.0 Å². The number of benzene rings is 2. The molecule has 0 radical (unpaired) electrons. The Morgan fingerprint density at radius 2 is 1.76 bits per heavy atom. The van der Waals surface area contributed by atoms with Gasteiger partial charge in [0, 0.05) is 10.7 Å². The van der Waals surface area contributed by atoms with Crippen LogP contribution >= 0.6 is 23.2 Å². The summed E-state index contributed by atoms with van der Waals surface area (Å²) in [7, 11) is -3.81. The third-order valence-corrected chi connectivity index (χ3v) is 5.31. The Kier molecular flexibility index (Phi) is 4.37. The highest BCUT2D eigenvalue weighted by Crippen LogP contribution is 2.30. The van der Waals surface area contributed by atoms with Crippen molar-refractivity contribution in [1.82, 2.24) is 0 Å². The molecule has 0 fully saturated rings. The minimum atomic E-state index is -3.81. The number of nitrogens with one attached hydrogen (secondary N) is 1. The number of nitrogens with two attached hydrogens (primary N) is 1. The smallest absolute Gasteiger partial charge is 0.262 e. The highest BCUT2D eigenvalue weighted by molar-refractivity contribution is 7.92. The van der Waals surface area contributed by atoms with E-state index in [0.717, 1.165) is 0 Å². The predicted octanol–water partition coefficient (Wildman–Crippen LogP) is 3.99. The molecule has 2 aromatic rings. The van der Waals surface area contributed by atoms with Crippen molar-refractivity contribution in [2.45, 2.75) is 18.7 Å². The van der Waals surface area contributed by atoms with Gasteiger partial charge in [0.15, 0.2) is 0 Å². The molecule has 112 valence electrons. The Morgan fingerprint density at radius 1 is 1.10 bits per heavy atom. The number of hydrogen-bond acceptors (Lipinski definition) is 3. The van der Waals surface area contributed by atoms with Gasteiger partial charge in [-0.3, -0.25) is 4.72 Å². The van der Waals surface area contributed by atoms with Crippen molar-refractivity contribution in [2.24, 2.45) is 0 Å². The molecule has 0 saturated heterocycles. The molecule has 4 nitrogen and oxygen atoms in total. The molecule has 0 aliphatic heterocycles. The maximum Gasteiger partial charge on any atom is 0.262 e. The van der Waals surface area contributed by atoms with Crippen molar-refractivity contribution in [3.8, 4) is 0 Å². The summed E-state index contributed by atoms with van der Waals surface area (Å²) in [6.45, 7) is 3.37. The second-order valence-electron chi connectivity index (χ2n) is 4.66. The van der Waals surface area contributed by atoms with Crippen LogP contribution in [0.1, 0.15) is 11.1 Å². The third-order valence-electron chi connectivity index (χ3n) is 3.09. The van der Waals surface area contributed by atoms with E-state index in [2.05, 4.69) is 4.72 Å². The van der Waals surface area contributed by atoms with Gasteiger partial charge in [0.1, 0.15) is 0 Å². The van der Waals surface area contributed by atoms with E-state index >= 15 is 0 Å². The Hall–Kier alpha value is -1.43. The van der Waals surface area contributed by atoms with Crippen LogP contribution in [0, 0.1) is 13.8 Å². The molecular formula is C14H14Cl2N2O2S. The van der Waals surface area contributed by atoms with E-state index < -0.39 is 10.0 Å². The molecular weight excluding hydrogens is 331 g/mol. The van der Waals surface area contributed by atoms with Crippen molar-refractivity contribution in [3.05, 3.63) is 51.5 Å². The fourth-order valence-corrected chi connectivity index (χ4v) is 3.99. The average Bonchev–Trinajstić information content (AvgIpc) is 2.38. The van der Waals surface area contributed by atoms with Crippen molar-refractivity contribution in [1.29, 1.82) is 0 Å². The van der Waals surface area contributed by atoms with Crippen LogP contribution in [-0.4, -0.2) is 8.42 Å². The lowest BCUT2D eigenvalue weighted by molar-refractivity contribution is 0.600. The van der Waals surface area contributed by atoms with E-state index in [1.54, 1.807) is 32.0 Å². The number of sulfonamides is 1. The van der Waals surface area contributed by atoms with Gasteiger partial charge < -0.3 is 5.73 Å². The Labute approximate surface area is 133 Å². The van der Waals surface area contributed by atoms with E-state index in [4.69, 9.17) is 28.9 Å². The SMILES string of the molecule is Cc1ccc(N)c(C)c1S(=O)(=O)Nc1cc(Cl)ccc1Cl. The van der Waals surface area contributed by atoms with Gasteiger partial charge in [-0.15, -0.1) is 0 Å². The van der Waals surface area contributed by atoms with Crippen molar-refractivity contribution < 1.29 is 8.42 Å². The maximum atomic E-state index is 12.6. The summed E-state index contributed by atoms with van der Waals surface area (Å²) in [4.78, 5) is 0.151. The highest BCUT2D eigenvalue weighted by atomic mass is 35.5. The number of halogens is 2. The maximum absolute atomic E-state index is 12.6. The Bertz CT molecular complexity index is 805. The van der Waals surface area contributed by atoms with E-state index in [9.17, 15) is 8.42 Å². The molecule has 3 N–H and O–H groups in total. The molecule has 0 unspecified atom stereocenters. The summed E-state index contributed by atoms with van der Waals surface area (Å²) < 4.78 is 27.6. The minimum Gasteiger partial charge on any atom is -0.398 e. The lowest BCUT2D eigenvalue weighted by Crippen LogP contribution is -2.16. The molecule has 0 aromatic heterocycles. The van der Waals surface area contributed by atoms with Crippen LogP contribution < -0.4 is 10.5 Å². The van der Waals surface area contributed by atoms with Crippen LogP contribution in [0.4, 0.5) is 11.4 Å². The summed E-state index contributed by atoms with van der Waals surface area (Å²) >= 11 is 11.9. The summed E-state index contributed by atoms with van der Waals surface area (Å²) in [5, 5.41) is 0.653. The van der Waals surface area contributed by atoms with Crippen molar-refractivity contribution in [2.75, 3.05) is 10.5 Å². The van der Waals surface area contributed by atoms with Crippen LogP contribution in [0.25, 0.3) is 0 Å². The lowest BCUT2D eigenvalue weighted by Gasteiger charge is -2.15. The highest BCUT2D eigenvalue weighted by Gasteiger charge is 2.22. The number of rotatable bonds is 3. The lowest BCUT2D eigenvalue weighted by atomic mass is 10.1. The van der Waals surface area contributed by atoms with Crippen LogP contribution in [0.3, 0.4) is 0 Å². The fourth-order valence-electron chi connectivity index (χ4n) is 2.03. The molecule has 21 heavy (non-hydrogen) atoms. The van der Waals surface area contributed by atoms with Gasteiger partial charge in [-0.2, -0.15) is 0 Å². The van der Waals surface area contributed by atoms with E-state index in [1.807, 2.05) is 0 Å². The van der Waals surface area contributed by atoms with Gasteiger partial charge in [-0.05, 0) is 49.2 Å². The number of hydrogen-bond donors (Lipinski definition) is 2. The first-order valence-electron chi connectivity index (χ1n) is 6.06. The van der Waals surface area contributed by atoms with Gasteiger partial charge in [0.2, 0.25) is 0 Å². The van der Waals surface area contributed by atoms with Gasteiger partial charge in [-0.25, -0.2) is 8.42 Å². The van der Waals surface area contributed by atoms with E-state index in [-0.39, 0.29) is 15.6 Å². The average molecular weight is 345 g/mol. The molecule has 0 heterocycles. The number of aryl methyl sites for hydroxylation is 1. The molecule has 0 atom stereocenters. The zero-order valence-electron chi connectivity index (χ0n) is 11.4. The van der Waals surface area contributed by atoms with Crippen LogP contribution in [0.5, 0.6) is 0 Å². The zero-order chi connectivity index (χ0) is 15.8. The van der Waals surface area contributed by atoms with Crippen molar-refractivity contribution in [3.63, 3.8) is 0 Å². The standard InChI is InChI=1S/C14H14Cl2N2O2S/c1-8-3-6-12(17)9(2)14(8)21(19,20)18-13-7-10(15)4-5-11(13)16/h3-7,18H,17H2,1-2H3. The van der Waals surface area contributed by atoms with Crippen molar-refractivity contribution >= 4 is 44.6 Å². The summed E-state index contributed by atoms with van der Waals surface area (Å²) in [5.74, 6) is 0. The van der Waals surface area contributed by atoms with Crippen LogP contribution in [0.15, 0.2) is 35.2 Å². The van der Waals surface area contributed by atoms with Gasteiger partial charge in [0.25, 0.3) is 10.0 Å². The summed E-state index contributed by atoms with van der Waals surface area (Å²) in [5.41, 5.74) is 7.54. The molecule has 0 amide bonds. The number of anilines is 2. The first-order valence-corrected chi connectivity index (χ1v) is 8.30. The quantitative estimate of drug-likeness (QED) is 0.826. The second kappa shape index (κ2) is 5.75. The number of nitrogen functional groups attached to an aromatic ring is 1. The first-order chi connectivity index (χ1) is 9.72. The van der Waals surface area contributed by atoms with E-state index in [1.165, 1.54) is 12.1 Å². The molecule has 2 aromatic carbocycles. The largest absolute Gasteiger partial charge is 0.398 e. The predicted molar refractivity (Wildman–Crippen MR) is 87.6 cm³/mol. The Balaban J connectivity index is 2.54. The first kappa shape index (κ1) is 15.9. The molecule has 2 rings (SSSR count). The molecule has 0 spiro atoms. The molecule has 0 aliphatic carbocycles. The summed E-state index contributed by atoms with van der Waals surface area (Å²) in [6.07, 6.45) is 0. The monoisotopic (exact) mass is 344 g/mol. The van der Waals surface area contributed by atoms with Crippen LogP contribution in [0.2, 0.25) is 10.0 Å². The second-order valence-corrected chi connectivity index (χ2v) is 7.12. The van der Waals surface area contributed by atoms with Gasteiger partial charge in [0.05, 0.1) is 15.6 Å². The Morgan fingerprint density at radius 3 is 2.43 bits per heavy atom. The minimum absolute atomic E-state index is 0.151. The topological polar surface area (TPSA) is 72.2 Å². The molecule has 0 saturated carbocycles. The van der Waals surface area contributed by atoms with E-state index in [0.29, 0.717) is 21.8 Å². The molecule has 0 aliphatic rings. The molecule has 7 heteroatoms. The van der Waals surface area contributed by atoms with Gasteiger partial charge >= 0.3 is 0 Å². The zero-order valence-corrected chi connectivity index (χ0v) is 13.8. The van der Waals surface area contributed by atoms with Gasteiger partial charge in [-0.1, -0.05) is 29.3 Å².